The second-order valence-electron chi connectivity index (χ2n) is 4.21. The second-order valence-corrected chi connectivity index (χ2v) is 4.21. The van der Waals surface area contributed by atoms with Crippen LogP contribution in [0.3, 0.4) is 0 Å². The van der Waals surface area contributed by atoms with Gasteiger partial charge in [0, 0.05) is 19.6 Å². The topological polar surface area (TPSA) is 3.24 Å². The van der Waals surface area contributed by atoms with E-state index in [2.05, 4.69) is 48.7 Å². The molecule has 0 aromatic heterocycles. The quantitative estimate of drug-likeness (QED) is 0.643. The molecule has 1 fully saturated rings. The molecule has 0 saturated carbocycles. The molecular weight excluding hydrogens is 170 g/mol. The summed E-state index contributed by atoms with van der Waals surface area (Å²) < 4.78 is 0. The van der Waals surface area contributed by atoms with Gasteiger partial charge < -0.3 is 0 Å². The highest BCUT2D eigenvalue weighted by Gasteiger charge is 2.21. The molecule has 74 valence electrons. The Morgan fingerprint density at radius 2 is 2.07 bits per heavy atom. The molecule has 0 spiro atoms. The Morgan fingerprint density at radius 1 is 1.36 bits per heavy atom. The van der Waals surface area contributed by atoms with E-state index in [9.17, 15) is 0 Å². The SMILES string of the molecule is C=C1CN(Cc2ccccc2)CC1C. The molecule has 0 N–H and O–H groups in total. The summed E-state index contributed by atoms with van der Waals surface area (Å²) in [5.74, 6) is 0.665. The Hall–Kier alpha value is -1.08. The minimum Gasteiger partial charge on any atom is -0.295 e. The van der Waals surface area contributed by atoms with Gasteiger partial charge in [-0.3, -0.25) is 4.90 Å². The lowest BCUT2D eigenvalue weighted by Gasteiger charge is -2.14. The van der Waals surface area contributed by atoms with Gasteiger partial charge in [0.1, 0.15) is 0 Å². The van der Waals surface area contributed by atoms with Crippen LogP contribution in [0.5, 0.6) is 0 Å². The van der Waals surface area contributed by atoms with Crippen LogP contribution in [0.15, 0.2) is 42.5 Å². The fourth-order valence-corrected chi connectivity index (χ4v) is 1.99. The molecule has 0 aliphatic carbocycles. The van der Waals surface area contributed by atoms with Crippen molar-refractivity contribution in [1.29, 1.82) is 0 Å². The van der Waals surface area contributed by atoms with Crippen molar-refractivity contribution < 1.29 is 0 Å². The molecule has 2 rings (SSSR count). The summed E-state index contributed by atoms with van der Waals surface area (Å²) in [6.45, 7) is 9.63. The van der Waals surface area contributed by atoms with Crippen LogP contribution in [0.25, 0.3) is 0 Å². The van der Waals surface area contributed by atoms with Gasteiger partial charge in [-0.2, -0.15) is 0 Å². The molecule has 0 amide bonds. The highest BCUT2D eigenvalue weighted by molar-refractivity contribution is 5.16. The first-order chi connectivity index (χ1) is 6.75. The number of hydrogen-bond acceptors (Lipinski definition) is 1. The van der Waals surface area contributed by atoms with E-state index in [-0.39, 0.29) is 0 Å². The standard InChI is InChI=1S/C13H17N/c1-11-8-14(9-12(11)2)10-13-6-4-3-5-7-13/h3-7,12H,1,8-10H2,2H3. The lowest BCUT2D eigenvalue weighted by atomic mass is 10.1. The van der Waals surface area contributed by atoms with Gasteiger partial charge in [0.15, 0.2) is 0 Å². The van der Waals surface area contributed by atoms with Crippen LogP contribution < -0.4 is 0 Å². The largest absolute Gasteiger partial charge is 0.295 e. The lowest BCUT2D eigenvalue weighted by molar-refractivity contribution is 0.322. The van der Waals surface area contributed by atoms with Gasteiger partial charge in [-0.15, -0.1) is 0 Å². The van der Waals surface area contributed by atoms with Gasteiger partial charge in [-0.1, -0.05) is 49.4 Å². The summed E-state index contributed by atoms with van der Waals surface area (Å²) in [5, 5.41) is 0. The third kappa shape index (κ3) is 2.05. The predicted molar refractivity (Wildman–Crippen MR) is 60.0 cm³/mol. The molecule has 1 unspecified atom stereocenters. The average molecular weight is 187 g/mol. The zero-order chi connectivity index (χ0) is 9.97. The maximum Gasteiger partial charge on any atom is 0.0237 e. The van der Waals surface area contributed by atoms with Crippen LogP contribution >= 0.6 is 0 Å². The summed E-state index contributed by atoms with van der Waals surface area (Å²) >= 11 is 0. The fraction of sp³-hybridized carbons (Fsp3) is 0.385. The molecule has 1 atom stereocenters. The summed E-state index contributed by atoms with van der Waals surface area (Å²) in [6, 6.07) is 10.6. The van der Waals surface area contributed by atoms with E-state index in [4.69, 9.17) is 0 Å². The molecule has 14 heavy (non-hydrogen) atoms. The van der Waals surface area contributed by atoms with Gasteiger partial charge in [0.25, 0.3) is 0 Å². The molecule has 1 nitrogen and oxygen atoms in total. The van der Waals surface area contributed by atoms with E-state index in [1.54, 1.807) is 0 Å². The lowest BCUT2D eigenvalue weighted by Crippen LogP contribution is -2.19. The van der Waals surface area contributed by atoms with Gasteiger partial charge >= 0.3 is 0 Å². The number of nitrogens with zero attached hydrogens (tertiary/aromatic N) is 1. The zero-order valence-corrected chi connectivity index (χ0v) is 8.74. The summed E-state index contributed by atoms with van der Waals surface area (Å²) in [4.78, 5) is 2.46. The Morgan fingerprint density at radius 3 is 2.64 bits per heavy atom. The Labute approximate surface area is 86.1 Å². The molecule has 1 aliphatic heterocycles. The number of hydrogen-bond donors (Lipinski definition) is 0. The summed E-state index contributed by atoms with van der Waals surface area (Å²) in [7, 11) is 0. The normalized spacial score (nSPS) is 22.9. The van der Waals surface area contributed by atoms with Crippen LogP contribution in [-0.4, -0.2) is 18.0 Å². The van der Waals surface area contributed by atoms with Crippen molar-refractivity contribution in [2.24, 2.45) is 5.92 Å². The van der Waals surface area contributed by atoms with Crippen LogP contribution in [-0.2, 0) is 6.54 Å². The highest BCUT2D eigenvalue weighted by Crippen LogP contribution is 2.21. The molecule has 1 aromatic carbocycles. The average Bonchev–Trinajstić information content (AvgIpc) is 2.47. The van der Waals surface area contributed by atoms with Crippen LogP contribution in [0.1, 0.15) is 12.5 Å². The van der Waals surface area contributed by atoms with Crippen molar-refractivity contribution in [2.45, 2.75) is 13.5 Å². The molecule has 0 bridgehead atoms. The molecule has 1 aliphatic rings. The molecule has 1 saturated heterocycles. The first-order valence-corrected chi connectivity index (χ1v) is 5.19. The van der Waals surface area contributed by atoms with Crippen LogP contribution in [0.4, 0.5) is 0 Å². The zero-order valence-electron chi connectivity index (χ0n) is 8.74. The van der Waals surface area contributed by atoms with Gasteiger partial charge in [0.05, 0.1) is 0 Å². The molecule has 1 aromatic rings. The van der Waals surface area contributed by atoms with E-state index >= 15 is 0 Å². The monoisotopic (exact) mass is 187 g/mol. The number of rotatable bonds is 2. The summed E-state index contributed by atoms with van der Waals surface area (Å²) in [5.41, 5.74) is 2.77. The Kier molecular flexibility index (Phi) is 2.69. The van der Waals surface area contributed by atoms with Crippen molar-refractivity contribution in [3.8, 4) is 0 Å². The van der Waals surface area contributed by atoms with E-state index in [1.165, 1.54) is 11.1 Å². The van der Waals surface area contributed by atoms with E-state index in [0.29, 0.717) is 5.92 Å². The highest BCUT2D eigenvalue weighted by atomic mass is 15.1. The maximum atomic E-state index is 4.09. The van der Waals surface area contributed by atoms with Crippen molar-refractivity contribution in [2.75, 3.05) is 13.1 Å². The first-order valence-electron chi connectivity index (χ1n) is 5.19. The number of likely N-dealkylation sites (tertiary alicyclic amines) is 1. The molecule has 0 radical (unpaired) electrons. The Bertz CT molecular complexity index is 315. The first kappa shape index (κ1) is 9.47. The van der Waals surface area contributed by atoms with Crippen LogP contribution in [0.2, 0.25) is 0 Å². The van der Waals surface area contributed by atoms with E-state index in [1.807, 2.05) is 0 Å². The third-order valence-corrected chi connectivity index (χ3v) is 2.90. The van der Waals surface area contributed by atoms with Crippen molar-refractivity contribution in [1.82, 2.24) is 4.90 Å². The molecule has 1 heteroatoms. The minimum absolute atomic E-state index is 0.665. The minimum atomic E-state index is 0.665. The van der Waals surface area contributed by atoms with Gasteiger partial charge in [0.2, 0.25) is 0 Å². The van der Waals surface area contributed by atoms with Crippen molar-refractivity contribution in [3.05, 3.63) is 48.0 Å². The third-order valence-electron chi connectivity index (χ3n) is 2.90. The van der Waals surface area contributed by atoms with E-state index in [0.717, 1.165) is 19.6 Å². The van der Waals surface area contributed by atoms with Crippen molar-refractivity contribution >= 4 is 0 Å². The van der Waals surface area contributed by atoms with E-state index < -0.39 is 0 Å². The van der Waals surface area contributed by atoms with Crippen LogP contribution in [0, 0.1) is 5.92 Å². The van der Waals surface area contributed by atoms with Gasteiger partial charge in [-0.05, 0) is 11.5 Å². The second kappa shape index (κ2) is 3.97. The number of benzene rings is 1. The summed E-state index contributed by atoms with van der Waals surface area (Å²) in [6.07, 6.45) is 0. The maximum absolute atomic E-state index is 4.09. The fourth-order valence-electron chi connectivity index (χ4n) is 1.99. The van der Waals surface area contributed by atoms with Crippen molar-refractivity contribution in [3.63, 3.8) is 0 Å². The smallest absolute Gasteiger partial charge is 0.0237 e. The Balaban J connectivity index is 1.97. The predicted octanol–water partition coefficient (Wildman–Crippen LogP) is 2.69. The molecular formula is C13H17N. The molecule has 1 heterocycles. The van der Waals surface area contributed by atoms with Gasteiger partial charge in [-0.25, -0.2) is 0 Å².